The first-order valence-electron chi connectivity index (χ1n) is 6.82. The Morgan fingerprint density at radius 3 is 2.84 bits per heavy atom. The summed E-state index contributed by atoms with van der Waals surface area (Å²) in [6, 6.07) is 4.84. The minimum Gasteiger partial charge on any atom is -0.488 e. The summed E-state index contributed by atoms with van der Waals surface area (Å²) in [5, 5.41) is 9.58. The molecule has 1 fully saturated rings. The number of carbonyl (C=O) groups is 1. The van der Waals surface area contributed by atoms with Crippen molar-refractivity contribution < 1.29 is 14.6 Å². The van der Waals surface area contributed by atoms with E-state index in [1.807, 2.05) is 0 Å². The molecule has 0 saturated heterocycles. The molecule has 104 valence electrons. The molecule has 0 aliphatic heterocycles. The highest BCUT2D eigenvalue weighted by Gasteiger charge is 2.27. The van der Waals surface area contributed by atoms with Gasteiger partial charge < -0.3 is 9.84 Å². The fourth-order valence-electron chi connectivity index (χ4n) is 2.74. The molecule has 1 aliphatic carbocycles. The number of para-hydroxylation sites is 1. The fraction of sp³-hybridized carbons (Fsp3) is 0.533. The zero-order valence-electron chi connectivity index (χ0n) is 11.1. The monoisotopic (exact) mass is 282 g/mol. The summed E-state index contributed by atoms with van der Waals surface area (Å²) in [7, 11) is 0. The Morgan fingerprint density at radius 1 is 1.42 bits per heavy atom. The molecule has 1 N–H and O–H groups in total. The number of rotatable bonds is 4. The van der Waals surface area contributed by atoms with Crippen LogP contribution >= 0.6 is 11.6 Å². The molecule has 2 rings (SSSR count). The highest BCUT2D eigenvalue weighted by atomic mass is 35.5. The first-order valence-corrected chi connectivity index (χ1v) is 7.19. The van der Waals surface area contributed by atoms with Crippen LogP contribution in [0.5, 0.6) is 5.75 Å². The lowest BCUT2D eigenvalue weighted by Gasteiger charge is -2.31. The Labute approximate surface area is 118 Å². The average molecular weight is 283 g/mol. The molecule has 0 spiro atoms. The van der Waals surface area contributed by atoms with Gasteiger partial charge in [0.25, 0.3) is 0 Å². The number of hydrogen-bond acceptors (Lipinski definition) is 2. The van der Waals surface area contributed by atoms with Gasteiger partial charge in [0.1, 0.15) is 11.7 Å². The lowest BCUT2D eigenvalue weighted by molar-refractivity contribution is 0.0664. The smallest absolute Gasteiger partial charge is 0.339 e. The topological polar surface area (TPSA) is 46.5 Å². The summed E-state index contributed by atoms with van der Waals surface area (Å²) >= 11 is 6.10. The van der Waals surface area contributed by atoms with Crippen molar-refractivity contribution in [3.63, 3.8) is 0 Å². The molecule has 2 unspecified atom stereocenters. The lowest BCUT2D eigenvalue weighted by atomic mass is 9.84. The third-order valence-electron chi connectivity index (χ3n) is 3.83. The van der Waals surface area contributed by atoms with Gasteiger partial charge in [-0.3, -0.25) is 0 Å². The van der Waals surface area contributed by atoms with Gasteiger partial charge in [0.2, 0.25) is 0 Å². The van der Waals surface area contributed by atoms with Gasteiger partial charge in [-0.2, -0.15) is 0 Å². The second-order valence-corrected chi connectivity index (χ2v) is 5.44. The zero-order valence-corrected chi connectivity index (χ0v) is 11.8. The lowest BCUT2D eigenvalue weighted by Crippen LogP contribution is -2.30. The van der Waals surface area contributed by atoms with Gasteiger partial charge in [0, 0.05) is 0 Å². The number of benzene rings is 1. The van der Waals surface area contributed by atoms with Crippen molar-refractivity contribution >= 4 is 17.6 Å². The SMILES string of the molecule is CCC1CCCCC1Oc1c(Cl)cccc1C(=O)O. The Morgan fingerprint density at radius 2 is 2.16 bits per heavy atom. The molecule has 1 aromatic rings. The molecule has 1 aromatic carbocycles. The molecule has 0 amide bonds. The first kappa shape index (κ1) is 14.2. The molecule has 1 saturated carbocycles. The predicted molar refractivity (Wildman–Crippen MR) is 75.1 cm³/mol. The van der Waals surface area contributed by atoms with Crippen molar-refractivity contribution in [2.45, 2.75) is 45.1 Å². The maximum absolute atomic E-state index is 11.2. The first-order chi connectivity index (χ1) is 9.13. The zero-order chi connectivity index (χ0) is 13.8. The number of halogens is 1. The summed E-state index contributed by atoms with van der Waals surface area (Å²) in [5.74, 6) is -0.185. The quantitative estimate of drug-likeness (QED) is 0.891. The van der Waals surface area contributed by atoms with E-state index in [-0.39, 0.29) is 11.7 Å². The van der Waals surface area contributed by atoms with Crippen LogP contribution in [0.1, 0.15) is 49.4 Å². The number of hydrogen-bond donors (Lipinski definition) is 1. The summed E-state index contributed by atoms with van der Waals surface area (Å²) in [6.07, 6.45) is 5.62. The van der Waals surface area contributed by atoms with Gasteiger partial charge >= 0.3 is 5.97 Å². The van der Waals surface area contributed by atoms with Crippen LogP contribution < -0.4 is 4.74 Å². The Kier molecular flexibility index (Phi) is 4.70. The van der Waals surface area contributed by atoms with Crippen LogP contribution in [0.2, 0.25) is 5.02 Å². The Bertz CT molecular complexity index is 459. The molecule has 19 heavy (non-hydrogen) atoms. The van der Waals surface area contributed by atoms with Crippen LogP contribution in [0.3, 0.4) is 0 Å². The number of carboxylic acids is 1. The van der Waals surface area contributed by atoms with E-state index in [0.29, 0.717) is 16.7 Å². The number of aromatic carboxylic acids is 1. The molecule has 0 radical (unpaired) electrons. The van der Waals surface area contributed by atoms with Crippen molar-refractivity contribution in [3.8, 4) is 5.75 Å². The standard InChI is InChI=1S/C15H19ClO3/c1-2-10-6-3-4-9-13(10)19-14-11(15(17)18)7-5-8-12(14)16/h5,7-8,10,13H,2-4,6,9H2,1H3,(H,17,18). The fourth-order valence-corrected chi connectivity index (χ4v) is 2.96. The van der Waals surface area contributed by atoms with Gasteiger partial charge in [-0.05, 0) is 43.7 Å². The van der Waals surface area contributed by atoms with Crippen molar-refractivity contribution in [2.24, 2.45) is 5.92 Å². The minimum absolute atomic E-state index is 0.0803. The summed E-state index contributed by atoms with van der Waals surface area (Å²) < 4.78 is 5.97. The number of ether oxygens (including phenoxy) is 1. The van der Waals surface area contributed by atoms with Crippen molar-refractivity contribution in [1.82, 2.24) is 0 Å². The summed E-state index contributed by atoms with van der Waals surface area (Å²) in [4.78, 5) is 11.2. The molecule has 0 heterocycles. The molecule has 2 atom stereocenters. The van der Waals surface area contributed by atoms with E-state index in [0.717, 1.165) is 25.7 Å². The van der Waals surface area contributed by atoms with Gasteiger partial charge in [0.15, 0.2) is 5.75 Å². The predicted octanol–water partition coefficient (Wildman–Crippen LogP) is 4.39. The van der Waals surface area contributed by atoms with Crippen LogP contribution in [0.25, 0.3) is 0 Å². The van der Waals surface area contributed by atoms with Crippen LogP contribution in [0.4, 0.5) is 0 Å². The van der Waals surface area contributed by atoms with E-state index in [1.54, 1.807) is 12.1 Å². The Balaban J connectivity index is 2.24. The van der Waals surface area contributed by atoms with Crippen LogP contribution in [-0.2, 0) is 0 Å². The maximum atomic E-state index is 11.2. The highest BCUT2D eigenvalue weighted by molar-refractivity contribution is 6.32. The van der Waals surface area contributed by atoms with Gasteiger partial charge in [-0.1, -0.05) is 31.0 Å². The Hall–Kier alpha value is -1.22. The van der Waals surface area contributed by atoms with E-state index < -0.39 is 5.97 Å². The van der Waals surface area contributed by atoms with Crippen molar-refractivity contribution in [2.75, 3.05) is 0 Å². The molecule has 4 heteroatoms. The molecule has 1 aliphatic rings. The molecule has 0 aromatic heterocycles. The van der Waals surface area contributed by atoms with E-state index in [2.05, 4.69) is 6.92 Å². The van der Waals surface area contributed by atoms with Crippen LogP contribution in [0, 0.1) is 5.92 Å². The summed E-state index contributed by atoms with van der Waals surface area (Å²) in [6.45, 7) is 2.15. The summed E-state index contributed by atoms with van der Waals surface area (Å²) in [5.41, 5.74) is 0.146. The third kappa shape index (κ3) is 3.21. The van der Waals surface area contributed by atoms with Gasteiger partial charge in [0.05, 0.1) is 5.02 Å². The van der Waals surface area contributed by atoms with E-state index in [4.69, 9.17) is 16.3 Å². The molecule has 3 nitrogen and oxygen atoms in total. The van der Waals surface area contributed by atoms with E-state index >= 15 is 0 Å². The molecule has 0 bridgehead atoms. The highest BCUT2D eigenvalue weighted by Crippen LogP contribution is 2.35. The minimum atomic E-state index is -0.999. The average Bonchev–Trinajstić information content (AvgIpc) is 2.41. The second kappa shape index (κ2) is 6.29. The van der Waals surface area contributed by atoms with Crippen molar-refractivity contribution in [1.29, 1.82) is 0 Å². The van der Waals surface area contributed by atoms with Crippen LogP contribution in [0.15, 0.2) is 18.2 Å². The normalized spacial score (nSPS) is 23.1. The largest absolute Gasteiger partial charge is 0.488 e. The van der Waals surface area contributed by atoms with Crippen LogP contribution in [-0.4, -0.2) is 17.2 Å². The number of carboxylic acid groups (broad SMARTS) is 1. The second-order valence-electron chi connectivity index (χ2n) is 5.03. The van der Waals surface area contributed by atoms with E-state index in [9.17, 15) is 9.90 Å². The van der Waals surface area contributed by atoms with Crippen molar-refractivity contribution in [3.05, 3.63) is 28.8 Å². The third-order valence-corrected chi connectivity index (χ3v) is 4.13. The maximum Gasteiger partial charge on any atom is 0.339 e. The molecular weight excluding hydrogens is 264 g/mol. The van der Waals surface area contributed by atoms with Gasteiger partial charge in [-0.15, -0.1) is 0 Å². The van der Waals surface area contributed by atoms with E-state index in [1.165, 1.54) is 12.5 Å². The van der Waals surface area contributed by atoms with Gasteiger partial charge in [-0.25, -0.2) is 4.79 Å². The molecular formula is C15H19ClO3.